The zero-order chi connectivity index (χ0) is 24.0. The maximum Gasteiger partial charge on any atom is 0.265 e. The quantitative estimate of drug-likeness (QED) is 0.500. The van der Waals surface area contributed by atoms with Crippen LogP contribution in [0.1, 0.15) is 22.6 Å². The molecule has 0 aromatic heterocycles. The Labute approximate surface area is 204 Å². The van der Waals surface area contributed by atoms with Gasteiger partial charge in [-0.05, 0) is 47.5 Å². The van der Waals surface area contributed by atoms with Crippen molar-refractivity contribution in [2.75, 3.05) is 4.31 Å². The maximum atomic E-state index is 14.1. The molecule has 2 N–H and O–H groups in total. The molecule has 0 radical (unpaired) electrons. The Bertz CT molecular complexity index is 1510. The van der Waals surface area contributed by atoms with Crippen molar-refractivity contribution in [3.05, 3.63) is 116 Å². The second-order valence-electron chi connectivity index (χ2n) is 7.83. The molecule has 0 saturated heterocycles. The fourth-order valence-electron chi connectivity index (χ4n) is 4.22. The Kier molecular flexibility index (Phi) is 5.42. The lowest BCUT2D eigenvalue weighted by Gasteiger charge is -2.38. The van der Waals surface area contributed by atoms with Gasteiger partial charge < -0.3 is 10.5 Å². The Morgan fingerprint density at radius 2 is 1.74 bits per heavy atom. The van der Waals surface area contributed by atoms with E-state index < -0.39 is 21.8 Å². The molecule has 3 aromatic rings. The molecule has 0 amide bonds. The average molecular weight is 538 g/mol. The van der Waals surface area contributed by atoms with E-state index in [1.54, 1.807) is 60.7 Å². The number of nitrogens with two attached hydrogens (primary N) is 1. The highest BCUT2D eigenvalue weighted by molar-refractivity contribution is 9.10. The van der Waals surface area contributed by atoms with Gasteiger partial charge in [-0.1, -0.05) is 52.3 Å². The molecule has 2 heterocycles. The molecule has 9 heteroatoms. The van der Waals surface area contributed by atoms with Crippen molar-refractivity contribution in [1.82, 2.24) is 0 Å². The fraction of sp³-hybridized carbons (Fsp3) is 0.0800. The summed E-state index contributed by atoms with van der Waals surface area (Å²) in [5, 5.41) is 9.89. The fourth-order valence-corrected chi connectivity index (χ4v) is 6.40. The minimum absolute atomic E-state index is 0.0192. The van der Waals surface area contributed by atoms with Crippen molar-refractivity contribution < 1.29 is 17.5 Å². The zero-order valence-electron chi connectivity index (χ0n) is 17.6. The maximum absolute atomic E-state index is 14.1. The number of nitriles is 1. The number of ether oxygens (including phenoxy) is 1. The van der Waals surface area contributed by atoms with E-state index in [0.717, 1.165) is 4.47 Å². The number of halogens is 2. The van der Waals surface area contributed by atoms with E-state index in [2.05, 4.69) is 15.9 Å². The number of sulfonamides is 1. The van der Waals surface area contributed by atoms with Crippen molar-refractivity contribution in [1.29, 1.82) is 5.26 Å². The summed E-state index contributed by atoms with van der Waals surface area (Å²) in [6.07, 6.45) is 0. The lowest BCUT2D eigenvalue weighted by molar-refractivity contribution is 0.357. The Balaban J connectivity index is 1.75. The van der Waals surface area contributed by atoms with Gasteiger partial charge in [0.25, 0.3) is 10.0 Å². The van der Waals surface area contributed by atoms with E-state index in [4.69, 9.17) is 10.5 Å². The molecule has 6 nitrogen and oxygen atoms in total. The van der Waals surface area contributed by atoms with E-state index in [1.807, 2.05) is 6.07 Å². The second kappa shape index (κ2) is 8.31. The van der Waals surface area contributed by atoms with Gasteiger partial charge in [-0.15, -0.1) is 0 Å². The largest absolute Gasteiger partial charge is 0.439 e. The van der Waals surface area contributed by atoms with E-state index in [-0.39, 0.29) is 28.7 Å². The van der Waals surface area contributed by atoms with Crippen molar-refractivity contribution in [3.63, 3.8) is 0 Å². The first-order chi connectivity index (χ1) is 16.3. The summed E-state index contributed by atoms with van der Waals surface area (Å²) in [5.41, 5.74) is 8.28. The number of fused-ring (bicyclic) bond motifs is 2. The van der Waals surface area contributed by atoms with Gasteiger partial charge in [-0.25, -0.2) is 12.8 Å². The number of nitrogens with zero attached hydrogens (tertiary/aromatic N) is 2. The summed E-state index contributed by atoms with van der Waals surface area (Å²) in [7, 11) is -4.18. The van der Waals surface area contributed by atoms with Gasteiger partial charge in [0.05, 0.1) is 18.2 Å². The van der Waals surface area contributed by atoms with Crippen molar-refractivity contribution in [2.24, 2.45) is 5.73 Å². The third-order valence-corrected chi connectivity index (χ3v) is 8.21. The van der Waals surface area contributed by atoms with Crippen molar-refractivity contribution >= 4 is 37.4 Å². The topological polar surface area (TPSA) is 96.4 Å². The van der Waals surface area contributed by atoms with Crippen LogP contribution in [0.25, 0.3) is 5.76 Å². The van der Waals surface area contributed by atoms with E-state index in [9.17, 15) is 18.1 Å². The Morgan fingerprint density at radius 3 is 2.41 bits per heavy atom. The number of hydrogen-bond acceptors (Lipinski definition) is 5. The minimum atomic E-state index is -4.18. The van der Waals surface area contributed by atoms with Gasteiger partial charge in [-0.2, -0.15) is 5.26 Å². The highest BCUT2D eigenvalue weighted by Crippen LogP contribution is 2.51. The van der Waals surface area contributed by atoms with E-state index >= 15 is 0 Å². The van der Waals surface area contributed by atoms with Crippen LogP contribution in [-0.2, 0) is 21.3 Å². The second-order valence-corrected chi connectivity index (χ2v) is 10.6. The van der Waals surface area contributed by atoms with Crippen LogP contribution in [0.2, 0.25) is 0 Å². The summed E-state index contributed by atoms with van der Waals surface area (Å²) in [4.78, 5) is -0.0543. The highest BCUT2D eigenvalue weighted by Gasteiger charge is 2.47. The van der Waals surface area contributed by atoms with E-state index in [1.165, 1.54) is 16.4 Å². The summed E-state index contributed by atoms with van der Waals surface area (Å²) in [6.45, 7) is -0.0233. The first kappa shape index (κ1) is 22.2. The van der Waals surface area contributed by atoms with Crippen LogP contribution in [-0.4, -0.2) is 8.42 Å². The number of rotatable bonds is 3. The molecule has 1 atom stereocenters. The molecule has 2 aliphatic heterocycles. The van der Waals surface area contributed by atoms with Crippen LogP contribution in [0.4, 0.5) is 10.1 Å². The predicted molar refractivity (Wildman–Crippen MR) is 130 cm³/mol. The molecule has 0 bridgehead atoms. The molecule has 0 aliphatic carbocycles. The number of hydrogen-bond donors (Lipinski definition) is 1. The summed E-state index contributed by atoms with van der Waals surface area (Å²) in [6, 6.07) is 21.7. The smallest absolute Gasteiger partial charge is 0.265 e. The van der Waals surface area contributed by atoms with Gasteiger partial charge in [0.15, 0.2) is 5.76 Å². The van der Waals surface area contributed by atoms with Crippen LogP contribution >= 0.6 is 15.9 Å². The van der Waals surface area contributed by atoms with Crippen LogP contribution in [0.3, 0.4) is 0 Å². The van der Waals surface area contributed by atoms with Gasteiger partial charge >= 0.3 is 0 Å². The normalized spacial score (nSPS) is 18.6. The zero-order valence-corrected chi connectivity index (χ0v) is 20.0. The lowest BCUT2D eigenvalue weighted by Crippen LogP contribution is -2.39. The first-order valence-corrected chi connectivity index (χ1v) is 12.5. The minimum Gasteiger partial charge on any atom is -0.439 e. The molecule has 34 heavy (non-hydrogen) atoms. The third-order valence-electron chi connectivity index (χ3n) is 5.80. The molecule has 170 valence electrons. The number of allylic oxidation sites excluding steroid dienone is 2. The van der Waals surface area contributed by atoms with Gasteiger partial charge in [-0.3, -0.25) is 4.31 Å². The molecular formula is C25H17BrFN3O3S. The van der Waals surface area contributed by atoms with Crippen LogP contribution < -0.4 is 10.0 Å². The van der Waals surface area contributed by atoms with Gasteiger partial charge in [0.1, 0.15) is 22.4 Å². The molecule has 2 aliphatic rings. The molecular weight excluding hydrogens is 521 g/mol. The number of para-hydroxylation sites is 1. The number of benzene rings is 3. The summed E-state index contributed by atoms with van der Waals surface area (Å²) < 4.78 is 49.6. The third kappa shape index (κ3) is 3.56. The van der Waals surface area contributed by atoms with Crippen molar-refractivity contribution in [2.45, 2.75) is 12.5 Å². The standard InChI is InChI=1S/C25H17BrFN3O3S/c26-17-9-7-16(8-10-17)22-20(13-28)25(29)33-23-19-3-1-2-4-21(19)30(34(31,32)24(22)23)14-15-5-11-18(27)12-6-15/h1-12,22H,14,29H2/t22-/m1/s1. The van der Waals surface area contributed by atoms with Gasteiger partial charge in [0, 0.05) is 10.0 Å². The monoisotopic (exact) mass is 537 g/mol. The highest BCUT2D eigenvalue weighted by atomic mass is 79.9. The van der Waals surface area contributed by atoms with Crippen LogP contribution in [0, 0.1) is 17.1 Å². The Hall–Kier alpha value is -3.61. The molecule has 5 rings (SSSR count). The molecule has 0 unspecified atom stereocenters. The average Bonchev–Trinajstić information content (AvgIpc) is 2.82. The first-order valence-electron chi connectivity index (χ1n) is 10.2. The van der Waals surface area contributed by atoms with E-state index in [0.29, 0.717) is 22.4 Å². The summed E-state index contributed by atoms with van der Waals surface area (Å²) in [5.74, 6) is -1.39. The van der Waals surface area contributed by atoms with Crippen LogP contribution in [0.5, 0.6) is 0 Å². The molecule has 0 saturated carbocycles. The molecule has 0 fully saturated rings. The Morgan fingerprint density at radius 1 is 1.06 bits per heavy atom. The van der Waals surface area contributed by atoms with Crippen LogP contribution in [0.15, 0.2) is 93.6 Å². The lowest BCUT2D eigenvalue weighted by atomic mass is 9.88. The predicted octanol–water partition coefficient (Wildman–Crippen LogP) is 5.11. The summed E-state index contributed by atoms with van der Waals surface area (Å²) >= 11 is 3.39. The van der Waals surface area contributed by atoms with Crippen molar-refractivity contribution in [3.8, 4) is 6.07 Å². The molecule has 0 spiro atoms. The number of anilines is 1. The molecule has 3 aromatic carbocycles. The van der Waals surface area contributed by atoms with Gasteiger partial charge in [0.2, 0.25) is 5.88 Å². The SMILES string of the molecule is N#CC1=C(N)OC2=C([C@@H]1c1ccc(Br)cc1)S(=O)(=O)N(Cc1ccc(F)cc1)c1ccccc12.